The van der Waals surface area contributed by atoms with E-state index in [-0.39, 0.29) is 24.3 Å². The molecule has 1 amide bonds. The molecule has 1 aromatic rings. The van der Waals surface area contributed by atoms with Crippen LogP contribution in [0.1, 0.15) is 53.5 Å². The number of nitrogens with one attached hydrogen (secondary N) is 1. The van der Waals surface area contributed by atoms with Crippen LogP contribution in [0.15, 0.2) is 12.3 Å². The highest BCUT2D eigenvalue weighted by atomic mass is 19.4. The zero-order chi connectivity index (χ0) is 16.5. The molecular formula is C15H19F3N2O2. The van der Waals surface area contributed by atoms with Crippen molar-refractivity contribution in [2.75, 3.05) is 0 Å². The molecule has 1 aliphatic rings. The van der Waals surface area contributed by atoms with Gasteiger partial charge in [-0.05, 0) is 32.3 Å². The summed E-state index contributed by atoms with van der Waals surface area (Å²) in [7, 11) is 1.63. The van der Waals surface area contributed by atoms with E-state index in [1.54, 1.807) is 7.05 Å². The maximum absolute atomic E-state index is 12.8. The monoisotopic (exact) mass is 316 g/mol. The standard InChI is InChI=1S/C15H19F3N2O2/c1-9(21)10-6-13(20(2)8-10)14(22)19-12-5-3-4-11(7-12)15(16,17)18/h6,8,11-12H,3-5,7H2,1-2H3,(H,19,22)/t11-,12+/m1/s1. The Morgan fingerprint density at radius 1 is 1.32 bits per heavy atom. The van der Waals surface area contributed by atoms with Gasteiger partial charge in [0.05, 0.1) is 5.92 Å². The number of alkyl halides is 3. The van der Waals surface area contributed by atoms with Gasteiger partial charge < -0.3 is 9.88 Å². The van der Waals surface area contributed by atoms with Crippen LogP contribution in [-0.2, 0) is 7.05 Å². The van der Waals surface area contributed by atoms with Crippen LogP contribution in [-0.4, -0.2) is 28.5 Å². The van der Waals surface area contributed by atoms with Crippen LogP contribution in [0.4, 0.5) is 13.2 Å². The molecule has 0 unspecified atom stereocenters. The summed E-state index contributed by atoms with van der Waals surface area (Å²) in [5.41, 5.74) is 0.684. The topological polar surface area (TPSA) is 51.1 Å². The average molecular weight is 316 g/mol. The lowest BCUT2D eigenvalue weighted by molar-refractivity contribution is -0.183. The number of aromatic nitrogens is 1. The molecule has 0 saturated heterocycles. The summed E-state index contributed by atoms with van der Waals surface area (Å²) >= 11 is 0. The largest absolute Gasteiger partial charge is 0.391 e. The third-order valence-electron chi connectivity index (χ3n) is 4.12. The van der Waals surface area contributed by atoms with E-state index in [0.29, 0.717) is 18.4 Å². The maximum Gasteiger partial charge on any atom is 0.391 e. The summed E-state index contributed by atoms with van der Waals surface area (Å²) in [5.74, 6) is -1.96. The van der Waals surface area contributed by atoms with E-state index in [2.05, 4.69) is 5.32 Å². The zero-order valence-electron chi connectivity index (χ0n) is 12.5. The summed E-state index contributed by atoms with van der Waals surface area (Å²) in [6.07, 6.45) is -1.65. The summed E-state index contributed by atoms with van der Waals surface area (Å²) in [6, 6.07) is 0.977. The van der Waals surface area contributed by atoms with Crippen LogP contribution in [0.3, 0.4) is 0 Å². The van der Waals surface area contributed by atoms with E-state index in [4.69, 9.17) is 0 Å². The number of amides is 1. The minimum absolute atomic E-state index is 0.0841. The molecule has 1 saturated carbocycles. The zero-order valence-corrected chi connectivity index (χ0v) is 12.5. The molecule has 22 heavy (non-hydrogen) atoms. The second kappa shape index (κ2) is 6.14. The second-order valence-corrected chi connectivity index (χ2v) is 5.86. The smallest absolute Gasteiger partial charge is 0.348 e. The fourth-order valence-corrected chi connectivity index (χ4v) is 2.86. The maximum atomic E-state index is 12.8. The molecule has 0 aromatic carbocycles. The normalized spacial score (nSPS) is 22.4. The number of carbonyl (C=O) groups is 2. The fraction of sp³-hybridized carbons (Fsp3) is 0.600. The van der Waals surface area contributed by atoms with Crippen molar-refractivity contribution < 1.29 is 22.8 Å². The van der Waals surface area contributed by atoms with Crippen molar-refractivity contribution in [1.82, 2.24) is 9.88 Å². The van der Waals surface area contributed by atoms with Gasteiger partial charge in [0.15, 0.2) is 5.78 Å². The first-order valence-corrected chi connectivity index (χ1v) is 7.23. The Balaban J connectivity index is 2.04. The SMILES string of the molecule is CC(=O)c1cc(C(=O)N[C@H]2CCC[C@@H](C(F)(F)F)C2)n(C)c1. The van der Waals surface area contributed by atoms with Gasteiger partial charge in [-0.2, -0.15) is 13.2 Å². The van der Waals surface area contributed by atoms with Crippen molar-refractivity contribution in [3.63, 3.8) is 0 Å². The van der Waals surface area contributed by atoms with Crippen molar-refractivity contribution in [2.24, 2.45) is 13.0 Å². The molecule has 2 rings (SSSR count). The number of nitrogens with zero attached hydrogens (tertiary/aromatic N) is 1. The summed E-state index contributed by atoms with van der Waals surface area (Å²) in [5, 5.41) is 2.66. The predicted molar refractivity (Wildman–Crippen MR) is 74.7 cm³/mol. The molecule has 1 aromatic heterocycles. The number of carbonyl (C=O) groups excluding carboxylic acids is 2. The second-order valence-electron chi connectivity index (χ2n) is 5.86. The molecule has 0 spiro atoms. The number of rotatable bonds is 3. The van der Waals surface area contributed by atoms with Gasteiger partial charge >= 0.3 is 6.18 Å². The molecule has 2 atom stereocenters. The van der Waals surface area contributed by atoms with Gasteiger partial charge in [-0.1, -0.05) is 6.42 Å². The van der Waals surface area contributed by atoms with Crippen molar-refractivity contribution in [3.8, 4) is 0 Å². The summed E-state index contributed by atoms with van der Waals surface area (Å²) < 4.78 is 39.8. The number of Topliss-reactive ketones (excluding diaryl/α,β-unsaturated/α-hetero) is 1. The Morgan fingerprint density at radius 2 is 2.00 bits per heavy atom. The minimum atomic E-state index is -4.21. The highest BCUT2D eigenvalue weighted by molar-refractivity contribution is 5.99. The molecular weight excluding hydrogens is 297 g/mol. The van der Waals surface area contributed by atoms with E-state index >= 15 is 0 Å². The lowest BCUT2D eigenvalue weighted by Crippen LogP contribution is -2.42. The molecule has 1 aliphatic carbocycles. The van der Waals surface area contributed by atoms with Crippen LogP contribution < -0.4 is 5.32 Å². The molecule has 1 N–H and O–H groups in total. The quantitative estimate of drug-likeness (QED) is 0.871. The minimum Gasteiger partial charge on any atom is -0.348 e. The van der Waals surface area contributed by atoms with Crippen LogP contribution in [0, 0.1) is 5.92 Å². The Bertz CT molecular complexity index is 578. The fourth-order valence-electron chi connectivity index (χ4n) is 2.86. The number of halogens is 3. The summed E-state index contributed by atoms with van der Waals surface area (Å²) in [6.45, 7) is 1.39. The average Bonchev–Trinajstić information content (AvgIpc) is 2.80. The molecule has 1 heterocycles. The molecule has 7 heteroatoms. The number of hydrogen-bond donors (Lipinski definition) is 1. The molecule has 0 radical (unpaired) electrons. The van der Waals surface area contributed by atoms with E-state index in [9.17, 15) is 22.8 Å². The van der Waals surface area contributed by atoms with Gasteiger partial charge in [0.2, 0.25) is 0 Å². The van der Waals surface area contributed by atoms with Gasteiger partial charge in [0.25, 0.3) is 5.91 Å². The highest BCUT2D eigenvalue weighted by Gasteiger charge is 2.42. The van der Waals surface area contributed by atoms with Crippen molar-refractivity contribution >= 4 is 11.7 Å². The first kappa shape index (κ1) is 16.6. The number of ketones is 1. The van der Waals surface area contributed by atoms with E-state index in [1.165, 1.54) is 23.8 Å². The van der Waals surface area contributed by atoms with Crippen LogP contribution >= 0.6 is 0 Å². The van der Waals surface area contributed by atoms with Crippen molar-refractivity contribution in [2.45, 2.75) is 44.8 Å². The molecule has 4 nitrogen and oxygen atoms in total. The van der Waals surface area contributed by atoms with E-state index < -0.39 is 24.0 Å². The lowest BCUT2D eigenvalue weighted by Gasteiger charge is -2.31. The van der Waals surface area contributed by atoms with Crippen molar-refractivity contribution in [1.29, 1.82) is 0 Å². The number of hydrogen-bond acceptors (Lipinski definition) is 2. The Hall–Kier alpha value is -1.79. The Morgan fingerprint density at radius 3 is 2.55 bits per heavy atom. The Kier molecular flexibility index (Phi) is 4.63. The molecule has 0 bridgehead atoms. The first-order valence-electron chi connectivity index (χ1n) is 7.23. The van der Waals surface area contributed by atoms with Gasteiger partial charge in [-0.3, -0.25) is 9.59 Å². The molecule has 1 fully saturated rings. The third-order valence-corrected chi connectivity index (χ3v) is 4.12. The molecule has 122 valence electrons. The third kappa shape index (κ3) is 3.69. The highest BCUT2D eigenvalue weighted by Crippen LogP contribution is 2.37. The lowest BCUT2D eigenvalue weighted by atomic mass is 9.85. The van der Waals surface area contributed by atoms with Gasteiger partial charge in [-0.15, -0.1) is 0 Å². The van der Waals surface area contributed by atoms with Crippen molar-refractivity contribution in [3.05, 3.63) is 23.5 Å². The van der Waals surface area contributed by atoms with Gasteiger partial charge in [0, 0.05) is 24.8 Å². The van der Waals surface area contributed by atoms with E-state index in [1.807, 2.05) is 0 Å². The summed E-state index contributed by atoms with van der Waals surface area (Å²) in [4.78, 5) is 23.5. The van der Waals surface area contributed by atoms with Crippen LogP contribution in [0.2, 0.25) is 0 Å². The van der Waals surface area contributed by atoms with Crippen LogP contribution in [0.5, 0.6) is 0 Å². The Labute approximate surface area is 126 Å². The van der Waals surface area contributed by atoms with Gasteiger partial charge in [0.1, 0.15) is 5.69 Å². The van der Waals surface area contributed by atoms with Gasteiger partial charge in [-0.25, -0.2) is 0 Å². The predicted octanol–water partition coefficient (Wildman–Crippen LogP) is 3.08. The number of aryl methyl sites for hydroxylation is 1. The molecule has 0 aliphatic heterocycles. The van der Waals surface area contributed by atoms with Crippen LogP contribution in [0.25, 0.3) is 0 Å². The van der Waals surface area contributed by atoms with E-state index in [0.717, 1.165) is 0 Å². The first-order chi connectivity index (χ1) is 10.2.